The van der Waals surface area contributed by atoms with Crippen molar-refractivity contribution in [3.05, 3.63) is 15.7 Å². The maximum atomic E-state index is 12.4. The maximum Gasteiger partial charge on any atom is 0.348 e. The van der Waals surface area contributed by atoms with E-state index >= 15 is 0 Å². The predicted molar refractivity (Wildman–Crippen MR) is 100.0 cm³/mol. The summed E-state index contributed by atoms with van der Waals surface area (Å²) in [7, 11) is 1.57. The van der Waals surface area contributed by atoms with Gasteiger partial charge in [0, 0.05) is 19.7 Å². The second kappa shape index (κ2) is 7.85. The van der Waals surface area contributed by atoms with Gasteiger partial charge < -0.3 is 14.4 Å². The molecular weight excluding hydrogens is 362 g/mol. The number of piperidine rings is 1. The Kier molecular flexibility index (Phi) is 5.76. The Labute approximate surface area is 156 Å². The minimum absolute atomic E-state index is 0.209. The Hall–Kier alpha value is -1.44. The fourth-order valence-corrected chi connectivity index (χ4v) is 4.47. The first-order valence-corrected chi connectivity index (χ1v) is 9.61. The van der Waals surface area contributed by atoms with Crippen molar-refractivity contribution in [3.8, 4) is 0 Å². The number of aryl methyl sites for hydroxylation is 1. The molecule has 1 atom stereocenters. The van der Waals surface area contributed by atoms with Crippen LogP contribution in [0.3, 0.4) is 0 Å². The minimum Gasteiger partial charge on any atom is -0.459 e. The molecule has 3 rings (SSSR count). The molecule has 25 heavy (non-hydrogen) atoms. The van der Waals surface area contributed by atoms with Gasteiger partial charge in [0.05, 0.1) is 12.0 Å². The molecule has 0 aliphatic carbocycles. The molecule has 6 nitrogen and oxygen atoms in total. The molecule has 1 fully saturated rings. The number of methoxy groups -OCH3 is 1. The normalized spacial score (nSPS) is 17.9. The van der Waals surface area contributed by atoms with Crippen LogP contribution in [-0.2, 0) is 9.47 Å². The third-order valence-corrected chi connectivity index (χ3v) is 5.86. The van der Waals surface area contributed by atoms with E-state index in [1.54, 1.807) is 7.11 Å². The highest BCUT2D eigenvalue weighted by Gasteiger charge is 2.27. The lowest BCUT2D eigenvalue weighted by Gasteiger charge is -2.34. The fourth-order valence-electron chi connectivity index (χ4n) is 3.19. The highest BCUT2D eigenvalue weighted by molar-refractivity contribution is 7.20. The van der Waals surface area contributed by atoms with Crippen molar-refractivity contribution in [2.24, 2.45) is 0 Å². The number of carbonyl (C=O) groups excluding carboxylic acids is 1. The van der Waals surface area contributed by atoms with Crippen LogP contribution in [-0.4, -0.2) is 48.8 Å². The first kappa shape index (κ1) is 18.4. The standard InChI is InChI=1S/C17H22ClN3O3S/c1-10-6-4-5-7-21(10)14-12-11(2)13(16(22)24-9-8-23-3)25-15(12)20-17(18)19-14/h10H,4-9H2,1-3H3. The average Bonchev–Trinajstić information content (AvgIpc) is 2.91. The number of hydrogen-bond acceptors (Lipinski definition) is 7. The van der Waals surface area contributed by atoms with Crippen LogP contribution in [0.4, 0.5) is 5.82 Å². The summed E-state index contributed by atoms with van der Waals surface area (Å²) in [5.74, 6) is 0.471. The Morgan fingerprint density at radius 1 is 1.36 bits per heavy atom. The number of esters is 1. The van der Waals surface area contributed by atoms with E-state index in [2.05, 4.69) is 21.8 Å². The zero-order chi connectivity index (χ0) is 18.0. The average molecular weight is 384 g/mol. The van der Waals surface area contributed by atoms with E-state index in [1.165, 1.54) is 17.8 Å². The Balaban J connectivity index is 2.02. The SMILES string of the molecule is COCCOC(=O)c1sc2nc(Cl)nc(N3CCCCC3C)c2c1C. The number of carbonyl (C=O) groups is 1. The number of fused-ring (bicyclic) bond motifs is 1. The Morgan fingerprint density at radius 3 is 2.88 bits per heavy atom. The molecule has 1 aliphatic heterocycles. The third-order valence-electron chi connectivity index (χ3n) is 4.52. The van der Waals surface area contributed by atoms with E-state index < -0.39 is 0 Å². The van der Waals surface area contributed by atoms with Crippen LogP contribution in [0, 0.1) is 6.92 Å². The number of nitrogens with zero attached hydrogens (tertiary/aromatic N) is 3. The lowest BCUT2D eigenvalue weighted by Crippen LogP contribution is -2.38. The summed E-state index contributed by atoms with van der Waals surface area (Å²) < 4.78 is 10.2. The number of hydrogen-bond donors (Lipinski definition) is 0. The van der Waals surface area contributed by atoms with Gasteiger partial charge >= 0.3 is 5.97 Å². The molecule has 0 saturated carbocycles. The van der Waals surface area contributed by atoms with E-state index in [9.17, 15) is 4.79 Å². The van der Waals surface area contributed by atoms with Crippen molar-refractivity contribution in [1.82, 2.24) is 9.97 Å². The van der Waals surface area contributed by atoms with E-state index in [0.29, 0.717) is 17.5 Å². The topological polar surface area (TPSA) is 64.5 Å². The number of rotatable bonds is 5. The smallest absolute Gasteiger partial charge is 0.348 e. The van der Waals surface area contributed by atoms with Crippen molar-refractivity contribution >= 4 is 44.9 Å². The van der Waals surface area contributed by atoms with Crippen molar-refractivity contribution in [3.63, 3.8) is 0 Å². The lowest BCUT2D eigenvalue weighted by molar-refractivity contribution is 0.0393. The molecule has 2 aromatic heterocycles. The number of ether oxygens (including phenoxy) is 2. The van der Waals surface area contributed by atoms with Crippen molar-refractivity contribution < 1.29 is 14.3 Å². The summed E-state index contributed by atoms with van der Waals surface area (Å²) in [6.07, 6.45) is 3.47. The van der Waals surface area contributed by atoms with Gasteiger partial charge in [0.1, 0.15) is 22.1 Å². The summed E-state index contributed by atoms with van der Waals surface area (Å²) in [4.78, 5) is 24.8. The van der Waals surface area contributed by atoms with E-state index in [-0.39, 0.29) is 17.9 Å². The number of anilines is 1. The number of thiophene rings is 1. The summed E-state index contributed by atoms with van der Waals surface area (Å²) >= 11 is 7.47. The summed E-state index contributed by atoms with van der Waals surface area (Å²) in [6, 6.07) is 0.388. The van der Waals surface area contributed by atoms with Gasteiger partial charge in [-0.15, -0.1) is 11.3 Å². The van der Waals surface area contributed by atoms with Gasteiger partial charge in [0.25, 0.3) is 0 Å². The first-order valence-electron chi connectivity index (χ1n) is 8.42. The van der Waals surface area contributed by atoms with Gasteiger partial charge in [-0.2, -0.15) is 4.98 Å². The van der Waals surface area contributed by atoms with Crippen LogP contribution in [0.2, 0.25) is 5.28 Å². The second-order valence-electron chi connectivity index (χ2n) is 6.22. The molecule has 136 valence electrons. The molecule has 2 aromatic rings. The van der Waals surface area contributed by atoms with Gasteiger partial charge in [-0.3, -0.25) is 0 Å². The molecule has 1 unspecified atom stereocenters. The number of aromatic nitrogens is 2. The highest BCUT2D eigenvalue weighted by atomic mass is 35.5. The van der Waals surface area contributed by atoms with Crippen molar-refractivity contribution in [1.29, 1.82) is 0 Å². The molecule has 0 amide bonds. The van der Waals surface area contributed by atoms with Gasteiger partial charge in [0.2, 0.25) is 5.28 Å². The molecule has 0 N–H and O–H groups in total. The lowest BCUT2D eigenvalue weighted by atomic mass is 10.0. The van der Waals surface area contributed by atoms with Gasteiger partial charge in [-0.25, -0.2) is 9.78 Å². The first-order chi connectivity index (χ1) is 12.0. The monoisotopic (exact) mass is 383 g/mol. The molecular formula is C17H22ClN3O3S. The molecule has 0 aromatic carbocycles. The molecule has 8 heteroatoms. The number of halogens is 1. The van der Waals surface area contributed by atoms with Gasteiger partial charge in [-0.05, 0) is 50.3 Å². The van der Waals surface area contributed by atoms with Gasteiger partial charge in [-0.1, -0.05) is 0 Å². The van der Waals surface area contributed by atoms with Crippen LogP contribution < -0.4 is 4.90 Å². The second-order valence-corrected chi connectivity index (χ2v) is 7.56. The molecule has 1 aliphatic rings. The zero-order valence-corrected chi connectivity index (χ0v) is 16.2. The van der Waals surface area contributed by atoms with Crippen LogP contribution in [0.1, 0.15) is 41.4 Å². The largest absolute Gasteiger partial charge is 0.459 e. The van der Waals surface area contributed by atoms with E-state index in [1.807, 2.05) is 6.92 Å². The summed E-state index contributed by atoms with van der Waals surface area (Å²) in [5, 5.41) is 1.11. The van der Waals surface area contributed by atoms with Crippen molar-refractivity contribution in [2.45, 2.75) is 39.2 Å². The van der Waals surface area contributed by atoms with Gasteiger partial charge in [0.15, 0.2) is 0 Å². The van der Waals surface area contributed by atoms with Crippen LogP contribution in [0.25, 0.3) is 10.2 Å². The van der Waals surface area contributed by atoms with E-state index in [4.69, 9.17) is 21.1 Å². The minimum atomic E-state index is -0.355. The third kappa shape index (κ3) is 3.73. The fraction of sp³-hybridized carbons (Fsp3) is 0.588. The quantitative estimate of drug-likeness (QED) is 0.444. The van der Waals surface area contributed by atoms with Crippen molar-refractivity contribution in [2.75, 3.05) is 31.8 Å². The molecule has 3 heterocycles. The Bertz CT molecular complexity index is 780. The van der Waals surface area contributed by atoms with Crippen LogP contribution in [0.15, 0.2) is 0 Å². The molecule has 0 spiro atoms. The molecule has 0 radical (unpaired) electrons. The zero-order valence-electron chi connectivity index (χ0n) is 14.7. The molecule has 1 saturated heterocycles. The maximum absolute atomic E-state index is 12.4. The van der Waals surface area contributed by atoms with Crippen LogP contribution in [0.5, 0.6) is 0 Å². The highest BCUT2D eigenvalue weighted by Crippen LogP contribution is 2.38. The summed E-state index contributed by atoms with van der Waals surface area (Å²) in [6.45, 7) is 5.65. The van der Waals surface area contributed by atoms with Crippen LogP contribution >= 0.6 is 22.9 Å². The Morgan fingerprint density at radius 2 is 2.16 bits per heavy atom. The summed E-state index contributed by atoms with van der Waals surface area (Å²) in [5.41, 5.74) is 0.854. The van der Waals surface area contributed by atoms with E-state index in [0.717, 1.165) is 41.0 Å². The predicted octanol–water partition coefficient (Wildman–Crippen LogP) is 3.84. The molecule has 0 bridgehead atoms.